The van der Waals surface area contributed by atoms with Gasteiger partial charge in [0.25, 0.3) is 0 Å². The highest BCUT2D eigenvalue weighted by molar-refractivity contribution is 5.94. The summed E-state index contributed by atoms with van der Waals surface area (Å²) in [6.45, 7) is 1.15. The minimum atomic E-state index is -1.41. The first-order chi connectivity index (χ1) is 15.6. The first kappa shape index (κ1) is 26.0. The molecular formula is C20H32N6O7. The predicted molar refractivity (Wildman–Crippen MR) is 114 cm³/mol. The average molecular weight is 469 g/mol. The van der Waals surface area contributed by atoms with Crippen LogP contribution in [-0.2, 0) is 28.8 Å². The number of hydrogen-bond donors (Lipinski definition) is 6. The summed E-state index contributed by atoms with van der Waals surface area (Å²) in [4.78, 5) is 73.6. The van der Waals surface area contributed by atoms with Crippen molar-refractivity contribution in [2.24, 2.45) is 11.5 Å². The lowest BCUT2D eigenvalue weighted by Gasteiger charge is -2.28. The third kappa shape index (κ3) is 7.70. The molecule has 2 fully saturated rings. The first-order valence-corrected chi connectivity index (χ1v) is 11.0. The number of carbonyl (C=O) groups is 6. The number of carboxylic acid groups (broad SMARTS) is 1. The lowest BCUT2D eigenvalue weighted by Crippen LogP contribution is -2.56. The van der Waals surface area contributed by atoms with E-state index >= 15 is 0 Å². The van der Waals surface area contributed by atoms with E-state index in [2.05, 4.69) is 16.0 Å². The third-order valence-corrected chi connectivity index (χ3v) is 5.80. The Morgan fingerprint density at radius 2 is 1.58 bits per heavy atom. The molecule has 0 aliphatic carbocycles. The van der Waals surface area contributed by atoms with E-state index in [1.165, 1.54) is 4.90 Å². The van der Waals surface area contributed by atoms with Crippen LogP contribution in [0.2, 0.25) is 0 Å². The van der Waals surface area contributed by atoms with Crippen LogP contribution in [0.1, 0.15) is 51.4 Å². The molecule has 2 aliphatic rings. The Labute approximate surface area is 191 Å². The topological polar surface area (TPSA) is 214 Å². The van der Waals surface area contributed by atoms with Crippen molar-refractivity contribution in [3.8, 4) is 0 Å². The Bertz CT molecular complexity index is 783. The minimum absolute atomic E-state index is 0.153. The molecule has 184 valence electrons. The van der Waals surface area contributed by atoms with Crippen molar-refractivity contribution in [3.05, 3.63) is 0 Å². The van der Waals surface area contributed by atoms with Crippen LogP contribution in [0.15, 0.2) is 0 Å². The number of nitrogens with zero attached hydrogens (tertiary/aromatic N) is 1. The van der Waals surface area contributed by atoms with Gasteiger partial charge in [0.2, 0.25) is 29.5 Å². The van der Waals surface area contributed by atoms with Crippen molar-refractivity contribution in [2.75, 3.05) is 13.1 Å². The number of hydrogen-bond acceptors (Lipinski definition) is 7. The maximum absolute atomic E-state index is 13.0. The molecule has 0 saturated carbocycles. The number of likely N-dealkylation sites (tertiary alicyclic amines) is 1. The quantitative estimate of drug-likeness (QED) is 0.177. The Morgan fingerprint density at radius 3 is 2.12 bits per heavy atom. The number of rotatable bonds is 12. The van der Waals surface area contributed by atoms with Crippen molar-refractivity contribution in [3.63, 3.8) is 0 Å². The second-order valence-corrected chi connectivity index (χ2v) is 8.31. The van der Waals surface area contributed by atoms with Crippen molar-refractivity contribution in [1.82, 2.24) is 20.9 Å². The molecule has 2 saturated heterocycles. The van der Waals surface area contributed by atoms with E-state index in [0.29, 0.717) is 25.8 Å². The monoisotopic (exact) mass is 468 g/mol. The Hall–Kier alpha value is -3.22. The van der Waals surface area contributed by atoms with Gasteiger partial charge in [0.05, 0.1) is 6.04 Å². The summed E-state index contributed by atoms with van der Waals surface area (Å²) in [5, 5.41) is 17.2. The molecule has 0 aromatic carbocycles. The van der Waals surface area contributed by atoms with Gasteiger partial charge in [0.15, 0.2) is 0 Å². The van der Waals surface area contributed by atoms with Gasteiger partial charge < -0.3 is 37.4 Å². The van der Waals surface area contributed by atoms with Crippen molar-refractivity contribution < 1.29 is 33.9 Å². The molecule has 0 bridgehead atoms. The third-order valence-electron chi connectivity index (χ3n) is 5.80. The molecule has 5 amide bonds. The van der Waals surface area contributed by atoms with Crippen LogP contribution in [0.25, 0.3) is 0 Å². The van der Waals surface area contributed by atoms with Crippen molar-refractivity contribution in [2.45, 2.75) is 75.5 Å². The average Bonchev–Trinajstić information content (AvgIpc) is 3.44. The van der Waals surface area contributed by atoms with E-state index in [9.17, 15) is 33.9 Å². The summed E-state index contributed by atoms with van der Waals surface area (Å²) in [7, 11) is 0. The number of carbonyl (C=O) groups excluding carboxylic acids is 5. The zero-order chi connectivity index (χ0) is 24.5. The molecule has 0 spiro atoms. The molecule has 13 heteroatoms. The fraction of sp³-hybridized carbons (Fsp3) is 0.700. The maximum atomic E-state index is 13.0. The molecular weight excluding hydrogens is 436 g/mol. The zero-order valence-electron chi connectivity index (χ0n) is 18.4. The molecule has 2 aliphatic heterocycles. The fourth-order valence-corrected chi connectivity index (χ4v) is 4.04. The van der Waals surface area contributed by atoms with Crippen LogP contribution in [0.4, 0.5) is 0 Å². The van der Waals surface area contributed by atoms with Gasteiger partial charge in [-0.05, 0) is 45.1 Å². The molecule has 2 rings (SSSR count). The molecule has 0 aromatic rings. The Balaban J connectivity index is 2.07. The summed E-state index contributed by atoms with van der Waals surface area (Å²) in [5.74, 6) is -4.36. The van der Waals surface area contributed by atoms with Crippen molar-refractivity contribution in [1.29, 1.82) is 0 Å². The summed E-state index contributed by atoms with van der Waals surface area (Å²) in [6, 6.07) is -3.76. The van der Waals surface area contributed by atoms with Crippen LogP contribution in [0, 0.1) is 0 Å². The summed E-state index contributed by atoms with van der Waals surface area (Å²) in [6.07, 6.45) is 1.74. The van der Waals surface area contributed by atoms with E-state index in [1.807, 2.05) is 0 Å². The lowest BCUT2D eigenvalue weighted by atomic mass is 10.1. The summed E-state index contributed by atoms with van der Waals surface area (Å²) in [5.41, 5.74) is 10.2. The van der Waals surface area contributed by atoms with Crippen LogP contribution < -0.4 is 27.4 Å². The van der Waals surface area contributed by atoms with E-state index < -0.39 is 47.7 Å². The van der Waals surface area contributed by atoms with E-state index in [4.69, 9.17) is 11.5 Å². The van der Waals surface area contributed by atoms with Gasteiger partial charge >= 0.3 is 5.97 Å². The fourth-order valence-electron chi connectivity index (χ4n) is 4.04. The molecule has 33 heavy (non-hydrogen) atoms. The molecule has 13 nitrogen and oxygen atoms in total. The van der Waals surface area contributed by atoms with E-state index in [0.717, 1.165) is 13.0 Å². The highest BCUT2D eigenvalue weighted by Gasteiger charge is 2.39. The lowest BCUT2D eigenvalue weighted by molar-refractivity contribution is -0.143. The Kier molecular flexibility index (Phi) is 9.57. The van der Waals surface area contributed by atoms with Crippen LogP contribution in [0.5, 0.6) is 0 Å². The molecule has 0 aromatic heterocycles. The van der Waals surface area contributed by atoms with Crippen LogP contribution >= 0.6 is 0 Å². The normalized spacial score (nSPS) is 21.8. The minimum Gasteiger partial charge on any atom is -0.480 e. The van der Waals surface area contributed by atoms with Gasteiger partial charge in [-0.3, -0.25) is 24.0 Å². The number of primary amides is 2. The van der Waals surface area contributed by atoms with E-state index in [1.54, 1.807) is 0 Å². The molecule has 0 unspecified atom stereocenters. The number of nitrogens with two attached hydrogens (primary N) is 2. The molecule has 4 atom stereocenters. The zero-order valence-corrected chi connectivity index (χ0v) is 18.4. The molecule has 8 N–H and O–H groups in total. The standard InChI is InChI=1S/C20H32N6O7/c21-15(27)7-5-11(17(29)25-13(20(32)33)6-8-16(22)28)24-18(30)14-4-2-10-26(14)19(31)12-3-1-9-23-12/h11-14,23H,1-10H2,(H2,21,27)(H2,22,28)(H,24,30)(H,25,29)(H,32,33)/t11-,12-,13-,14-/m0/s1. The SMILES string of the molecule is NC(=O)CC[C@H](NC(=O)[C@H](CCC(N)=O)NC(=O)[C@@H]1CCCN1C(=O)[C@@H]1CCCN1)C(=O)O. The smallest absolute Gasteiger partial charge is 0.326 e. The highest BCUT2D eigenvalue weighted by Crippen LogP contribution is 2.21. The summed E-state index contributed by atoms with van der Waals surface area (Å²) < 4.78 is 0. The van der Waals surface area contributed by atoms with Gasteiger partial charge in [-0.1, -0.05) is 0 Å². The number of carboxylic acids is 1. The highest BCUT2D eigenvalue weighted by atomic mass is 16.4. The molecule has 2 heterocycles. The summed E-state index contributed by atoms with van der Waals surface area (Å²) >= 11 is 0. The Morgan fingerprint density at radius 1 is 0.939 bits per heavy atom. The number of nitrogens with one attached hydrogen (secondary N) is 3. The van der Waals surface area contributed by atoms with Crippen LogP contribution in [0.3, 0.4) is 0 Å². The molecule has 0 radical (unpaired) electrons. The van der Waals surface area contributed by atoms with Crippen molar-refractivity contribution >= 4 is 35.5 Å². The number of aliphatic carboxylic acids is 1. The first-order valence-electron chi connectivity index (χ1n) is 11.0. The van der Waals surface area contributed by atoms with Gasteiger partial charge in [0.1, 0.15) is 18.1 Å². The second-order valence-electron chi connectivity index (χ2n) is 8.31. The maximum Gasteiger partial charge on any atom is 0.326 e. The van der Waals surface area contributed by atoms with Gasteiger partial charge in [0, 0.05) is 19.4 Å². The van der Waals surface area contributed by atoms with Gasteiger partial charge in [-0.2, -0.15) is 0 Å². The van der Waals surface area contributed by atoms with E-state index in [-0.39, 0.29) is 37.6 Å². The van der Waals surface area contributed by atoms with Gasteiger partial charge in [-0.25, -0.2) is 4.79 Å². The number of amides is 5. The van der Waals surface area contributed by atoms with Gasteiger partial charge in [-0.15, -0.1) is 0 Å². The largest absolute Gasteiger partial charge is 0.480 e. The predicted octanol–water partition coefficient (Wildman–Crippen LogP) is -2.69. The second kappa shape index (κ2) is 12.1. The van der Waals surface area contributed by atoms with Crippen LogP contribution in [-0.4, -0.2) is 82.8 Å².